The van der Waals surface area contributed by atoms with Crippen molar-refractivity contribution >= 4 is 22.7 Å². The molecule has 1 aromatic heterocycles. The number of amides is 2. The van der Waals surface area contributed by atoms with Crippen molar-refractivity contribution in [3.8, 4) is 0 Å². The van der Waals surface area contributed by atoms with Crippen LogP contribution in [0.3, 0.4) is 0 Å². The number of piperidine rings is 1. The minimum Gasteiger partial charge on any atom is -0.390 e. The summed E-state index contributed by atoms with van der Waals surface area (Å²) in [6, 6.07) is 11.3. The molecule has 0 unspecified atom stereocenters. The summed E-state index contributed by atoms with van der Waals surface area (Å²) in [7, 11) is 2.06. The van der Waals surface area contributed by atoms with Crippen LogP contribution in [-0.4, -0.2) is 88.8 Å². The van der Waals surface area contributed by atoms with Gasteiger partial charge in [0, 0.05) is 25.0 Å². The van der Waals surface area contributed by atoms with Crippen LogP contribution in [-0.2, 0) is 4.79 Å². The van der Waals surface area contributed by atoms with Crippen molar-refractivity contribution in [2.75, 3.05) is 39.8 Å². The van der Waals surface area contributed by atoms with E-state index in [0.717, 1.165) is 56.1 Å². The van der Waals surface area contributed by atoms with Gasteiger partial charge in [-0.1, -0.05) is 30.7 Å². The zero-order chi connectivity index (χ0) is 24.1. The number of benzene rings is 1. The Morgan fingerprint density at radius 1 is 1.00 bits per heavy atom. The average Bonchev–Trinajstić information content (AvgIpc) is 2.87. The van der Waals surface area contributed by atoms with Gasteiger partial charge in [-0.05, 0) is 64.4 Å². The lowest BCUT2D eigenvalue weighted by molar-refractivity contribution is -0.135. The maximum atomic E-state index is 13.3. The quantitative estimate of drug-likeness (QED) is 0.589. The fraction of sp³-hybridized carbons (Fsp3) is 0.577. The van der Waals surface area contributed by atoms with Crippen molar-refractivity contribution in [3.63, 3.8) is 0 Å². The fourth-order valence-electron chi connectivity index (χ4n) is 5.07. The molecule has 2 fully saturated rings. The fourth-order valence-corrected chi connectivity index (χ4v) is 5.07. The number of likely N-dealkylation sites (tertiary alicyclic amines) is 1. The second-order valence-corrected chi connectivity index (χ2v) is 9.86. The van der Waals surface area contributed by atoms with Crippen LogP contribution in [0.5, 0.6) is 0 Å². The molecule has 0 saturated carbocycles. The maximum Gasteiger partial charge on any atom is 0.272 e. The summed E-state index contributed by atoms with van der Waals surface area (Å²) in [5.41, 5.74) is 0.685. The predicted octanol–water partition coefficient (Wildman–Crippen LogP) is 1.80. The standard InChI is InChI=1S/C26H36N4O4/c1-29-16-12-26(13-17-29)11-4-5-14-30(15-10-22(31)23(32)18-27-25(26)34)24(33)21-9-8-19-6-2-3-7-20(19)28-21/h2-3,6-9,22-23,31-32H,4-5,10-18H2,1H3,(H,27,34)/t22-,23+/m0/s1. The van der Waals surface area contributed by atoms with Gasteiger partial charge in [-0.2, -0.15) is 0 Å². The van der Waals surface area contributed by atoms with Gasteiger partial charge in [-0.15, -0.1) is 0 Å². The van der Waals surface area contributed by atoms with Gasteiger partial charge in [0.15, 0.2) is 0 Å². The number of aliphatic hydroxyl groups is 2. The molecule has 2 aromatic rings. The Kier molecular flexibility index (Phi) is 7.80. The van der Waals surface area contributed by atoms with Gasteiger partial charge >= 0.3 is 0 Å². The average molecular weight is 469 g/mol. The van der Waals surface area contributed by atoms with Crippen molar-refractivity contribution in [1.29, 1.82) is 0 Å². The molecule has 3 heterocycles. The van der Waals surface area contributed by atoms with Crippen molar-refractivity contribution in [3.05, 3.63) is 42.1 Å². The van der Waals surface area contributed by atoms with Gasteiger partial charge in [0.2, 0.25) is 5.91 Å². The molecule has 1 aromatic carbocycles. The van der Waals surface area contributed by atoms with Gasteiger partial charge in [-0.3, -0.25) is 9.59 Å². The molecular weight excluding hydrogens is 432 g/mol. The Morgan fingerprint density at radius 2 is 1.76 bits per heavy atom. The first-order valence-corrected chi connectivity index (χ1v) is 12.4. The summed E-state index contributed by atoms with van der Waals surface area (Å²) in [6.07, 6.45) is 2.02. The molecule has 2 saturated heterocycles. The third kappa shape index (κ3) is 5.56. The first kappa shape index (κ1) is 24.6. The minimum atomic E-state index is -1.08. The Bertz CT molecular complexity index is 1010. The lowest BCUT2D eigenvalue weighted by Gasteiger charge is -2.39. The molecule has 2 atom stereocenters. The van der Waals surface area contributed by atoms with Crippen molar-refractivity contribution in [1.82, 2.24) is 20.1 Å². The van der Waals surface area contributed by atoms with Crippen molar-refractivity contribution < 1.29 is 19.8 Å². The highest BCUT2D eigenvalue weighted by Gasteiger charge is 2.40. The number of aromatic nitrogens is 1. The zero-order valence-electron chi connectivity index (χ0n) is 19.9. The summed E-state index contributed by atoms with van der Waals surface area (Å²) in [6.45, 7) is 2.56. The van der Waals surface area contributed by atoms with Crippen LogP contribution in [0.1, 0.15) is 49.0 Å². The van der Waals surface area contributed by atoms with Crippen LogP contribution in [0.25, 0.3) is 10.9 Å². The van der Waals surface area contributed by atoms with Gasteiger partial charge in [-0.25, -0.2) is 4.98 Å². The first-order valence-electron chi connectivity index (χ1n) is 12.4. The number of β-amino-alcohol motifs (C(OH)–C–C–N with tert-alkyl or cyclic N) is 1. The molecule has 8 heteroatoms. The molecule has 34 heavy (non-hydrogen) atoms. The molecule has 0 radical (unpaired) electrons. The molecule has 4 rings (SSSR count). The largest absolute Gasteiger partial charge is 0.390 e. The Balaban J connectivity index is 1.51. The summed E-state index contributed by atoms with van der Waals surface area (Å²) >= 11 is 0. The van der Waals surface area contributed by atoms with Crippen LogP contribution in [0.15, 0.2) is 36.4 Å². The number of carbonyl (C=O) groups excluding carboxylic acids is 2. The van der Waals surface area contributed by atoms with E-state index in [1.165, 1.54) is 0 Å². The molecule has 2 aliphatic heterocycles. The van der Waals surface area contributed by atoms with Gasteiger partial charge in [0.25, 0.3) is 5.91 Å². The number of para-hydroxylation sites is 1. The molecule has 1 spiro atoms. The van der Waals surface area contributed by atoms with E-state index in [1.807, 2.05) is 30.3 Å². The third-order valence-corrected chi connectivity index (χ3v) is 7.47. The molecule has 0 bridgehead atoms. The predicted molar refractivity (Wildman–Crippen MR) is 130 cm³/mol. The smallest absolute Gasteiger partial charge is 0.272 e. The number of carbonyl (C=O) groups is 2. The number of pyridine rings is 1. The van der Waals surface area contributed by atoms with Gasteiger partial charge < -0.3 is 25.3 Å². The highest BCUT2D eigenvalue weighted by atomic mass is 16.3. The second-order valence-electron chi connectivity index (χ2n) is 9.86. The minimum absolute atomic E-state index is 0.0117. The maximum absolute atomic E-state index is 13.3. The van der Waals surface area contributed by atoms with Crippen LogP contribution in [0.2, 0.25) is 0 Å². The van der Waals surface area contributed by atoms with Crippen molar-refractivity contribution in [2.45, 2.75) is 50.7 Å². The van der Waals surface area contributed by atoms with E-state index < -0.39 is 17.6 Å². The number of fused-ring (bicyclic) bond motifs is 1. The lowest BCUT2D eigenvalue weighted by Crippen LogP contribution is -2.50. The number of hydrogen-bond acceptors (Lipinski definition) is 6. The van der Waals surface area contributed by atoms with E-state index in [1.54, 1.807) is 11.0 Å². The molecule has 184 valence electrons. The number of nitrogens with zero attached hydrogens (tertiary/aromatic N) is 3. The summed E-state index contributed by atoms with van der Waals surface area (Å²) < 4.78 is 0. The molecule has 2 amide bonds. The first-order chi connectivity index (χ1) is 16.4. The summed E-state index contributed by atoms with van der Waals surface area (Å²) in [4.78, 5) is 35.0. The highest BCUT2D eigenvalue weighted by Crippen LogP contribution is 2.37. The summed E-state index contributed by atoms with van der Waals surface area (Å²) in [5.74, 6) is -0.204. The van der Waals surface area contributed by atoms with E-state index in [0.29, 0.717) is 18.8 Å². The number of rotatable bonds is 1. The second kappa shape index (κ2) is 10.8. The Labute approximate surface area is 201 Å². The molecular formula is C26H36N4O4. The van der Waals surface area contributed by atoms with Crippen LogP contribution < -0.4 is 5.32 Å². The number of aliphatic hydroxyl groups excluding tert-OH is 2. The van der Waals surface area contributed by atoms with Crippen LogP contribution in [0.4, 0.5) is 0 Å². The topological polar surface area (TPSA) is 106 Å². The van der Waals surface area contributed by atoms with E-state index in [2.05, 4.69) is 22.2 Å². The van der Waals surface area contributed by atoms with Crippen LogP contribution in [0, 0.1) is 5.41 Å². The SMILES string of the molecule is CN1CCC2(CCCCN(C(=O)c3ccc4ccccc4n3)CC[C@H](O)[C@H](O)CNC2=O)CC1. The molecule has 0 aliphatic carbocycles. The van der Waals surface area contributed by atoms with E-state index in [9.17, 15) is 19.8 Å². The lowest BCUT2D eigenvalue weighted by atomic mass is 9.73. The monoisotopic (exact) mass is 468 g/mol. The molecule has 8 nitrogen and oxygen atoms in total. The van der Waals surface area contributed by atoms with E-state index >= 15 is 0 Å². The number of nitrogens with one attached hydrogen (secondary N) is 1. The van der Waals surface area contributed by atoms with Gasteiger partial charge in [0.05, 0.1) is 23.1 Å². The Morgan fingerprint density at radius 3 is 2.56 bits per heavy atom. The normalized spacial score (nSPS) is 25.3. The zero-order valence-corrected chi connectivity index (χ0v) is 19.9. The number of hydrogen-bond donors (Lipinski definition) is 3. The van der Waals surface area contributed by atoms with Gasteiger partial charge in [0.1, 0.15) is 5.69 Å². The van der Waals surface area contributed by atoms with E-state index in [-0.39, 0.29) is 24.8 Å². The van der Waals surface area contributed by atoms with E-state index in [4.69, 9.17) is 0 Å². The van der Waals surface area contributed by atoms with Crippen LogP contribution >= 0.6 is 0 Å². The summed E-state index contributed by atoms with van der Waals surface area (Å²) in [5, 5.41) is 24.8. The molecule has 3 N–H and O–H groups in total. The third-order valence-electron chi connectivity index (χ3n) is 7.47. The molecule has 2 aliphatic rings. The Hall–Kier alpha value is -2.55. The highest BCUT2D eigenvalue weighted by molar-refractivity contribution is 5.94. The van der Waals surface area contributed by atoms with Crippen molar-refractivity contribution in [2.24, 2.45) is 5.41 Å².